The first-order valence-corrected chi connectivity index (χ1v) is 14.5. The predicted molar refractivity (Wildman–Crippen MR) is 159 cm³/mol. The number of nitrogens with one attached hydrogen (secondary N) is 1. The SMILES string of the molecule is COc1ccccc1CNCc1cc(N(C)C)c2c(c1O)C(=O)C1C(=O)[C@@]3(O)C(=O)C(C(N)=O)C(=O)C(N(C)C)[C@H]3C[C@H]1C2. The molecule has 3 aliphatic rings. The molecule has 234 valence electrons. The quantitative estimate of drug-likeness (QED) is 0.302. The molecule has 3 aliphatic carbocycles. The van der Waals surface area contributed by atoms with Crippen LogP contribution in [0, 0.1) is 23.7 Å². The van der Waals surface area contributed by atoms with Gasteiger partial charge in [-0.3, -0.25) is 28.9 Å². The third-order valence-corrected chi connectivity index (χ3v) is 9.42. The smallest absolute Gasteiger partial charge is 0.235 e. The van der Waals surface area contributed by atoms with E-state index in [0.717, 1.165) is 5.56 Å². The summed E-state index contributed by atoms with van der Waals surface area (Å²) < 4.78 is 5.41. The Balaban J connectivity index is 1.54. The zero-order valence-electron chi connectivity index (χ0n) is 25.4. The van der Waals surface area contributed by atoms with Gasteiger partial charge in [0.25, 0.3) is 0 Å². The standard InChI is InChI=1S/C32H38N4O8/c1-35(2)20-12-17(14-34-13-15-8-6-7-9-21(15)44-5)26(37)23-18(20)10-16-11-19-25(36(3)4)28(39)24(31(33)42)30(41)32(19,43)29(40)22(16)27(23)38/h6-9,12,16,19,22,24-25,34,37,43H,10-11,13-14H2,1-5H3,(H2,33,42)/t16-,19-,22?,24?,25?,32-/m1/s1. The van der Waals surface area contributed by atoms with Crippen LogP contribution in [0.4, 0.5) is 5.69 Å². The summed E-state index contributed by atoms with van der Waals surface area (Å²) in [5.74, 6) is -9.94. The number of phenolic OH excluding ortho intramolecular Hbond substituents is 1. The van der Waals surface area contributed by atoms with Crippen LogP contribution in [0.2, 0.25) is 0 Å². The molecule has 12 nitrogen and oxygen atoms in total. The highest BCUT2D eigenvalue weighted by atomic mass is 16.5. The molecular weight excluding hydrogens is 568 g/mol. The fourth-order valence-corrected chi connectivity index (χ4v) is 7.42. The lowest BCUT2D eigenvalue weighted by Crippen LogP contribution is -2.74. The van der Waals surface area contributed by atoms with Crippen LogP contribution in [0.3, 0.4) is 0 Å². The van der Waals surface area contributed by atoms with E-state index in [1.54, 1.807) is 27.3 Å². The summed E-state index contributed by atoms with van der Waals surface area (Å²) in [4.78, 5) is 70.5. The number of carbonyl (C=O) groups excluding carboxylic acids is 5. The summed E-state index contributed by atoms with van der Waals surface area (Å²) in [7, 11) is 8.31. The third-order valence-electron chi connectivity index (χ3n) is 9.42. The van der Waals surface area contributed by atoms with E-state index in [9.17, 15) is 34.2 Å². The average Bonchev–Trinajstić information content (AvgIpc) is 2.95. The number of ketones is 4. The summed E-state index contributed by atoms with van der Waals surface area (Å²) in [6.45, 7) is 0.600. The molecular formula is C32H38N4O8. The Labute approximate surface area is 255 Å². The fourth-order valence-electron chi connectivity index (χ4n) is 7.42. The van der Waals surface area contributed by atoms with E-state index in [2.05, 4.69) is 5.32 Å². The van der Waals surface area contributed by atoms with Crippen LogP contribution in [-0.4, -0.2) is 91.1 Å². The number of ether oxygens (including phenoxy) is 1. The van der Waals surface area contributed by atoms with Gasteiger partial charge < -0.3 is 30.9 Å². The van der Waals surface area contributed by atoms with Crippen LogP contribution in [0.25, 0.3) is 0 Å². The lowest BCUT2D eigenvalue weighted by atomic mass is 9.52. The van der Waals surface area contributed by atoms with Gasteiger partial charge in [0.05, 0.1) is 24.6 Å². The number of hydrogen-bond donors (Lipinski definition) is 4. The van der Waals surface area contributed by atoms with Crippen LogP contribution >= 0.6 is 0 Å². The molecule has 0 saturated heterocycles. The molecule has 2 aromatic carbocycles. The van der Waals surface area contributed by atoms with Crippen molar-refractivity contribution in [3.05, 3.63) is 52.6 Å². The van der Waals surface area contributed by atoms with Crippen molar-refractivity contribution in [3.63, 3.8) is 0 Å². The second-order valence-electron chi connectivity index (χ2n) is 12.4. The summed E-state index contributed by atoms with van der Waals surface area (Å²) in [5.41, 5.74) is 5.16. The number of para-hydroxylation sites is 1. The van der Waals surface area contributed by atoms with Gasteiger partial charge in [-0.25, -0.2) is 0 Å². The van der Waals surface area contributed by atoms with Crippen LogP contribution in [0.5, 0.6) is 11.5 Å². The van der Waals surface area contributed by atoms with Gasteiger partial charge in [-0.1, -0.05) is 18.2 Å². The molecule has 6 atom stereocenters. The Hall–Kier alpha value is -4.13. The Kier molecular flexibility index (Phi) is 8.12. The predicted octanol–water partition coefficient (Wildman–Crippen LogP) is 0.231. The van der Waals surface area contributed by atoms with Crippen molar-refractivity contribution in [2.24, 2.45) is 29.4 Å². The third kappa shape index (κ3) is 4.68. The molecule has 2 saturated carbocycles. The molecule has 0 bridgehead atoms. The lowest BCUT2D eigenvalue weighted by Gasteiger charge is -2.52. The zero-order valence-corrected chi connectivity index (χ0v) is 25.4. The van der Waals surface area contributed by atoms with Gasteiger partial charge in [0.15, 0.2) is 34.7 Å². The molecule has 12 heteroatoms. The minimum absolute atomic E-state index is 0.000257. The number of hydrogen-bond acceptors (Lipinski definition) is 11. The molecule has 2 aromatic rings. The van der Waals surface area contributed by atoms with Gasteiger partial charge in [-0.05, 0) is 50.6 Å². The van der Waals surface area contributed by atoms with Gasteiger partial charge >= 0.3 is 0 Å². The van der Waals surface area contributed by atoms with E-state index in [-0.39, 0.29) is 30.7 Å². The maximum atomic E-state index is 14.2. The van der Waals surface area contributed by atoms with Crippen molar-refractivity contribution in [1.29, 1.82) is 0 Å². The molecule has 3 unspecified atom stereocenters. The van der Waals surface area contributed by atoms with Crippen molar-refractivity contribution in [3.8, 4) is 11.5 Å². The van der Waals surface area contributed by atoms with Gasteiger partial charge in [0.2, 0.25) is 5.91 Å². The monoisotopic (exact) mass is 606 g/mol. The zero-order chi connectivity index (χ0) is 32.2. The summed E-state index contributed by atoms with van der Waals surface area (Å²) in [6, 6.07) is 8.14. The lowest BCUT2D eigenvalue weighted by molar-refractivity contribution is -0.181. The molecule has 0 radical (unpaired) electrons. The molecule has 0 spiro atoms. The number of anilines is 1. The van der Waals surface area contributed by atoms with E-state index in [0.29, 0.717) is 29.1 Å². The molecule has 0 aliphatic heterocycles. The first-order chi connectivity index (χ1) is 20.7. The maximum absolute atomic E-state index is 14.2. The number of primary amides is 1. The Morgan fingerprint density at radius 3 is 2.34 bits per heavy atom. The Morgan fingerprint density at radius 1 is 1.07 bits per heavy atom. The van der Waals surface area contributed by atoms with Crippen molar-refractivity contribution < 1.29 is 38.9 Å². The summed E-state index contributed by atoms with van der Waals surface area (Å²) in [5, 5.41) is 26.5. The first-order valence-electron chi connectivity index (χ1n) is 14.5. The number of nitrogens with zero attached hydrogens (tertiary/aromatic N) is 2. The van der Waals surface area contributed by atoms with Crippen LogP contribution in [0.1, 0.15) is 33.5 Å². The van der Waals surface area contributed by atoms with Crippen LogP contribution in [-0.2, 0) is 38.7 Å². The number of rotatable bonds is 8. The minimum atomic E-state index is -2.76. The van der Waals surface area contributed by atoms with Crippen molar-refractivity contribution in [2.45, 2.75) is 37.6 Å². The van der Waals surface area contributed by atoms with E-state index in [1.165, 1.54) is 4.90 Å². The topological polar surface area (TPSA) is 180 Å². The number of amides is 1. The number of likely N-dealkylation sites (N-methyl/N-ethyl adjacent to an activating group) is 1. The average molecular weight is 607 g/mol. The Bertz CT molecular complexity index is 1570. The van der Waals surface area contributed by atoms with Gasteiger partial charge in [0, 0.05) is 49.9 Å². The number of aromatic hydroxyl groups is 1. The first kappa shape index (κ1) is 31.3. The van der Waals surface area contributed by atoms with Gasteiger partial charge in [-0.15, -0.1) is 0 Å². The largest absolute Gasteiger partial charge is 0.507 e. The molecule has 5 N–H and O–H groups in total. The number of fused-ring (bicyclic) bond motifs is 3. The molecule has 5 rings (SSSR count). The number of carbonyl (C=O) groups is 5. The van der Waals surface area contributed by atoms with Crippen molar-refractivity contribution in [1.82, 2.24) is 10.2 Å². The molecule has 0 heterocycles. The number of aliphatic hydroxyl groups is 1. The van der Waals surface area contributed by atoms with Crippen LogP contribution < -0.4 is 20.7 Å². The summed E-state index contributed by atoms with van der Waals surface area (Å²) in [6.07, 6.45) is 0.196. The van der Waals surface area contributed by atoms with Crippen LogP contribution in [0.15, 0.2) is 30.3 Å². The number of phenols is 1. The van der Waals surface area contributed by atoms with Gasteiger partial charge in [-0.2, -0.15) is 0 Å². The van der Waals surface area contributed by atoms with Gasteiger partial charge in [0.1, 0.15) is 11.5 Å². The fraction of sp³-hybridized carbons (Fsp3) is 0.469. The molecule has 2 fully saturated rings. The maximum Gasteiger partial charge on any atom is 0.235 e. The highest BCUT2D eigenvalue weighted by Crippen LogP contribution is 2.52. The molecule has 0 aromatic heterocycles. The number of methoxy groups -OCH3 is 1. The van der Waals surface area contributed by atoms with Crippen molar-refractivity contribution >= 4 is 34.7 Å². The second-order valence-corrected chi connectivity index (χ2v) is 12.4. The van der Waals surface area contributed by atoms with E-state index < -0.39 is 64.4 Å². The van der Waals surface area contributed by atoms with E-state index in [1.807, 2.05) is 43.3 Å². The molecule has 44 heavy (non-hydrogen) atoms. The van der Waals surface area contributed by atoms with Crippen molar-refractivity contribution in [2.75, 3.05) is 40.2 Å². The Morgan fingerprint density at radius 2 is 1.73 bits per heavy atom. The second kappa shape index (κ2) is 11.4. The highest BCUT2D eigenvalue weighted by Gasteiger charge is 2.69. The van der Waals surface area contributed by atoms with E-state index >= 15 is 0 Å². The number of nitrogens with two attached hydrogens (primary N) is 1. The molecule has 1 amide bonds. The number of benzene rings is 2. The highest BCUT2D eigenvalue weighted by molar-refractivity contribution is 6.32. The number of Topliss-reactive ketones (excluding diaryl/α,β-unsaturated/α-hetero) is 4. The van der Waals surface area contributed by atoms with E-state index in [4.69, 9.17) is 10.5 Å². The minimum Gasteiger partial charge on any atom is -0.507 e. The summed E-state index contributed by atoms with van der Waals surface area (Å²) >= 11 is 0. The normalized spacial score (nSPS) is 27.9.